The van der Waals surface area contributed by atoms with Gasteiger partial charge in [-0.15, -0.1) is 0 Å². The maximum Gasteiger partial charge on any atom is 0.322 e. The Bertz CT molecular complexity index is 1030. The maximum absolute atomic E-state index is 13.4. The normalized spacial score (nSPS) is 19.5. The lowest BCUT2D eigenvalue weighted by molar-refractivity contribution is 0.240. The molecular formula is C21H23FN4O3. The van der Waals surface area contributed by atoms with Crippen molar-refractivity contribution in [3.63, 3.8) is 0 Å². The van der Waals surface area contributed by atoms with Crippen molar-refractivity contribution in [2.24, 2.45) is 0 Å². The van der Waals surface area contributed by atoms with Crippen LogP contribution >= 0.6 is 0 Å². The number of amides is 2. The molecule has 0 aromatic heterocycles. The molecule has 8 heteroatoms. The number of carbonyl (C=O) groups is 1. The second-order valence-electron chi connectivity index (χ2n) is 8.19. The molecule has 7 nitrogen and oxygen atoms in total. The first-order chi connectivity index (χ1) is 14.0. The Morgan fingerprint density at radius 1 is 1.00 bits per heavy atom. The van der Waals surface area contributed by atoms with Crippen LogP contribution in [0.5, 0.6) is 0 Å². The molecule has 5 rings (SSSR count). The third-order valence-corrected chi connectivity index (χ3v) is 6.13. The number of halogens is 1. The van der Waals surface area contributed by atoms with Crippen molar-refractivity contribution in [1.82, 2.24) is 5.32 Å². The van der Waals surface area contributed by atoms with Crippen LogP contribution in [-0.2, 0) is 6.42 Å². The van der Waals surface area contributed by atoms with Crippen LogP contribution in [0.2, 0.25) is 0 Å². The summed E-state index contributed by atoms with van der Waals surface area (Å²) >= 11 is 0. The molecule has 2 fully saturated rings. The maximum atomic E-state index is 13.4. The molecule has 1 saturated carbocycles. The Hall–Kier alpha value is -2.90. The SMILES string of the molecule is O=C(NC1CCN(c2c(NC3CC3)c(=O)c2=O)CC1)N1CCc2cc(F)ccc21. The van der Waals surface area contributed by atoms with E-state index in [9.17, 15) is 18.8 Å². The Morgan fingerprint density at radius 2 is 1.76 bits per heavy atom. The number of nitrogens with one attached hydrogen (secondary N) is 2. The van der Waals surface area contributed by atoms with Gasteiger partial charge < -0.3 is 15.5 Å². The summed E-state index contributed by atoms with van der Waals surface area (Å²) in [6, 6.07) is 4.68. The smallest absolute Gasteiger partial charge is 0.322 e. The first-order valence-corrected chi connectivity index (χ1v) is 10.2. The van der Waals surface area contributed by atoms with E-state index >= 15 is 0 Å². The number of hydrogen-bond donors (Lipinski definition) is 2. The molecular weight excluding hydrogens is 375 g/mol. The number of hydrogen-bond acceptors (Lipinski definition) is 5. The zero-order valence-electron chi connectivity index (χ0n) is 16.0. The fraction of sp³-hybridized carbons (Fsp3) is 0.476. The minimum absolute atomic E-state index is 0.00886. The number of rotatable bonds is 4. The van der Waals surface area contributed by atoms with Crippen LogP contribution in [0.3, 0.4) is 0 Å². The largest absolute Gasteiger partial charge is 0.377 e. The van der Waals surface area contributed by atoms with Crippen LogP contribution in [0.25, 0.3) is 0 Å². The van der Waals surface area contributed by atoms with Gasteiger partial charge in [-0.1, -0.05) is 0 Å². The van der Waals surface area contributed by atoms with Gasteiger partial charge in [0.05, 0.1) is 0 Å². The Kier molecular flexibility index (Phi) is 4.29. The van der Waals surface area contributed by atoms with E-state index in [4.69, 9.17) is 0 Å². The molecule has 2 aliphatic heterocycles. The molecule has 152 valence electrons. The monoisotopic (exact) mass is 398 g/mol. The van der Waals surface area contributed by atoms with Gasteiger partial charge in [-0.3, -0.25) is 14.5 Å². The van der Waals surface area contributed by atoms with E-state index in [0.29, 0.717) is 56.3 Å². The lowest BCUT2D eigenvalue weighted by Gasteiger charge is -2.35. The number of carbonyl (C=O) groups excluding carboxylic acids is 1. The number of anilines is 3. The van der Waals surface area contributed by atoms with Gasteiger partial charge in [0.1, 0.15) is 17.2 Å². The van der Waals surface area contributed by atoms with Crippen LogP contribution in [-0.4, -0.2) is 37.7 Å². The average molecular weight is 398 g/mol. The summed E-state index contributed by atoms with van der Waals surface area (Å²) < 4.78 is 13.4. The zero-order valence-corrected chi connectivity index (χ0v) is 16.0. The number of piperidine rings is 1. The quantitative estimate of drug-likeness (QED) is 0.767. The van der Waals surface area contributed by atoms with Crippen LogP contribution in [0.15, 0.2) is 27.8 Å². The molecule has 0 bridgehead atoms. The Labute approximate surface area is 167 Å². The molecule has 0 radical (unpaired) electrons. The summed E-state index contributed by atoms with van der Waals surface area (Å²) in [4.78, 5) is 40.3. The molecule has 2 N–H and O–H groups in total. The molecule has 1 saturated heterocycles. The van der Waals surface area contributed by atoms with Gasteiger partial charge in [0, 0.05) is 37.4 Å². The van der Waals surface area contributed by atoms with Crippen molar-refractivity contribution in [2.75, 3.05) is 34.8 Å². The highest BCUT2D eigenvalue weighted by atomic mass is 19.1. The van der Waals surface area contributed by atoms with E-state index in [-0.39, 0.29) is 17.9 Å². The van der Waals surface area contributed by atoms with Gasteiger partial charge in [-0.05, 0) is 55.9 Å². The van der Waals surface area contributed by atoms with Crippen molar-refractivity contribution in [2.45, 2.75) is 44.2 Å². The number of benzene rings is 1. The van der Waals surface area contributed by atoms with Gasteiger partial charge in [0.2, 0.25) is 0 Å². The molecule has 29 heavy (non-hydrogen) atoms. The lowest BCUT2D eigenvalue weighted by Crippen LogP contribution is -2.51. The molecule has 2 aromatic rings. The second-order valence-corrected chi connectivity index (χ2v) is 8.19. The third-order valence-electron chi connectivity index (χ3n) is 6.13. The van der Waals surface area contributed by atoms with Gasteiger partial charge >= 0.3 is 6.03 Å². The summed E-state index contributed by atoms with van der Waals surface area (Å²) in [5.74, 6) is -0.285. The molecule has 2 heterocycles. The molecule has 2 amide bonds. The number of nitrogens with zero attached hydrogens (tertiary/aromatic N) is 2. The highest BCUT2D eigenvalue weighted by molar-refractivity contribution is 5.94. The van der Waals surface area contributed by atoms with E-state index < -0.39 is 10.9 Å². The van der Waals surface area contributed by atoms with E-state index in [2.05, 4.69) is 10.6 Å². The van der Waals surface area contributed by atoms with Crippen molar-refractivity contribution in [1.29, 1.82) is 0 Å². The van der Waals surface area contributed by atoms with Crippen LogP contribution in [0.4, 0.5) is 26.2 Å². The van der Waals surface area contributed by atoms with Crippen molar-refractivity contribution < 1.29 is 9.18 Å². The van der Waals surface area contributed by atoms with Gasteiger partial charge in [-0.25, -0.2) is 9.18 Å². The molecule has 1 aliphatic carbocycles. The first-order valence-electron chi connectivity index (χ1n) is 10.2. The van der Waals surface area contributed by atoms with E-state index in [1.165, 1.54) is 12.1 Å². The molecule has 0 unspecified atom stereocenters. The first kappa shape index (κ1) is 18.1. The standard InChI is InChI=1S/C21H23FN4O3/c22-13-1-4-16-12(11-13)5-10-26(16)21(29)24-15-6-8-25(9-7-15)18-17(19(27)20(18)28)23-14-2-3-14/h1,4,11,14-15,23H,2-3,5-10H2,(H,24,29). The predicted molar refractivity (Wildman–Crippen MR) is 109 cm³/mol. The van der Waals surface area contributed by atoms with Gasteiger partial charge in [0.15, 0.2) is 0 Å². The van der Waals surface area contributed by atoms with Crippen molar-refractivity contribution in [3.05, 3.63) is 50.0 Å². The zero-order chi connectivity index (χ0) is 20.1. The number of fused-ring (bicyclic) bond motifs is 1. The van der Waals surface area contributed by atoms with Gasteiger partial charge in [-0.2, -0.15) is 0 Å². The summed E-state index contributed by atoms with van der Waals surface area (Å²) in [7, 11) is 0. The molecule has 0 atom stereocenters. The van der Waals surface area contributed by atoms with E-state index in [0.717, 1.165) is 24.1 Å². The van der Waals surface area contributed by atoms with Crippen LogP contribution in [0, 0.1) is 5.82 Å². The highest BCUT2D eigenvalue weighted by Crippen LogP contribution is 2.31. The molecule has 0 spiro atoms. The molecule has 2 aromatic carbocycles. The summed E-state index contributed by atoms with van der Waals surface area (Å²) in [5.41, 5.74) is 1.79. The van der Waals surface area contributed by atoms with Crippen LogP contribution < -0.4 is 31.3 Å². The van der Waals surface area contributed by atoms with Crippen molar-refractivity contribution >= 4 is 23.1 Å². The van der Waals surface area contributed by atoms with E-state index in [1.54, 1.807) is 11.0 Å². The molecule has 3 aliphatic rings. The van der Waals surface area contributed by atoms with E-state index in [1.807, 2.05) is 4.90 Å². The Morgan fingerprint density at radius 3 is 2.48 bits per heavy atom. The fourth-order valence-corrected chi connectivity index (χ4v) is 4.33. The van der Waals surface area contributed by atoms with Crippen LogP contribution in [0.1, 0.15) is 31.2 Å². The fourth-order valence-electron chi connectivity index (χ4n) is 4.33. The highest BCUT2D eigenvalue weighted by Gasteiger charge is 2.33. The number of urea groups is 1. The summed E-state index contributed by atoms with van der Waals surface area (Å²) in [6.07, 6.45) is 4.15. The van der Waals surface area contributed by atoms with Gasteiger partial charge in [0.25, 0.3) is 10.9 Å². The third kappa shape index (κ3) is 3.26. The predicted octanol–water partition coefficient (Wildman–Crippen LogP) is 1.74. The lowest BCUT2D eigenvalue weighted by atomic mass is 10.0. The van der Waals surface area contributed by atoms with Crippen molar-refractivity contribution in [3.8, 4) is 0 Å². The topological polar surface area (TPSA) is 81.8 Å². The summed E-state index contributed by atoms with van der Waals surface area (Å²) in [5, 5.41) is 6.24. The summed E-state index contributed by atoms with van der Waals surface area (Å²) in [6.45, 7) is 1.79. The Balaban J connectivity index is 1.19. The average Bonchev–Trinajstić information content (AvgIpc) is 3.45. The minimum atomic E-state index is -0.411. The minimum Gasteiger partial charge on any atom is -0.377 e. The second kappa shape index (κ2) is 6.86.